The Morgan fingerprint density at radius 1 is 1.10 bits per heavy atom. The third-order valence-electron chi connectivity index (χ3n) is 4.74. The van der Waals surface area contributed by atoms with Gasteiger partial charge in [-0.2, -0.15) is 0 Å². The van der Waals surface area contributed by atoms with Crippen LogP contribution >= 0.6 is 0 Å². The minimum Gasteiger partial charge on any atom is -0.462 e. The number of anilines is 2. The van der Waals surface area contributed by atoms with Gasteiger partial charge in [0.2, 0.25) is 5.91 Å². The molecule has 0 unspecified atom stereocenters. The maximum absolute atomic E-state index is 12.7. The third kappa shape index (κ3) is 4.90. The topological polar surface area (TPSA) is 91.8 Å². The quantitative estimate of drug-likeness (QED) is 0.779. The van der Waals surface area contributed by atoms with Crippen molar-refractivity contribution in [1.29, 1.82) is 0 Å². The van der Waals surface area contributed by atoms with Crippen molar-refractivity contribution in [2.75, 3.05) is 43.0 Å². The second-order valence-corrected chi connectivity index (χ2v) is 6.61. The highest BCUT2D eigenvalue weighted by atomic mass is 16.5. The van der Waals surface area contributed by atoms with Crippen LogP contribution < -0.4 is 10.2 Å². The molecule has 0 radical (unpaired) electrons. The van der Waals surface area contributed by atoms with Crippen molar-refractivity contribution in [3.05, 3.63) is 53.9 Å². The maximum Gasteiger partial charge on any atom is 0.340 e. The van der Waals surface area contributed by atoms with E-state index in [-0.39, 0.29) is 18.2 Å². The highest BCUT2D eigenvalue weighted by molar-refractivity contribution is 6.07. The first-order valence-electron chi connectivity index (χ1n) is 9.53. The monoisotopic (exact) mass is 396 g/mol. The standard InChI is InChI=1S/C21H24N4O4/c1-3-29-21(28)17-6-4-5-7-18(17)23-20(27)19-14-16(8-9-22-19)25-12-10-24(11-13-25)15(2)26/h4-9,14H,3,10-13H2,1-2H3,(H,23,27). The van der Waals surface area contributed by atoms with Gasteiger partial charge in [0.15, 0.2) is 0 Å². The van der Waals surface area contributed by atoms with Gasteiger partial charge in [0.25, 0.3) is 5.91 Å². The van der Waals surface area contributed by atoms with Gasteiger partial charge < -0.3 is 19.9 Å². The summed E-state index contributed by atoms with van der Waals surface area (Å²) in [6.45, 7) is 6.22. The van der Waals surface area contributed by atoms with E-state index in [2.05, 4.69) is 15.2 Å². The fourth-order valence-electron chi connectivity index (χ4n) is 3.19. The number of amides is 2. The van der Waals surface area contributed by atoms with E-state index in [1.165, 1.54) is 0 Å². The molecule has 2 amide bonds. The zero-order chi connectivity index (χ0) is 20.8. The number of rotatable bonds is 5. The molecule has 152 valence electrons. The van der Waals surface area contributed by atoms with Crippen LogP contribution in [-0.4, -0.2) is 60.5 Å². The molecular formula is C21H24N4O4. The summed E-state index contributed by atoms with van der Waals surface area (Å²) in [7, 11) is 0. The van der Waals surface area contributed by atoms with Crippen LogP contribution in [0.15, 0.2) is 42.6 Å². The number of benzene rings is 1. The highest BCUT2D eigenvalue weighted by Crippen LogP contribution is 2.20. The third-order valence-corrected chi connectivity index (χ3v) is 4.74. The van der Waals surface area contributed by atoms with Gasteiger partial charge in [0, 0.05) is 45.0 Å². The van der Waals surface area contributed by atoms with Crippen LogP contribution in [0.3, 0.4) is 0 Å². The van der Waals surface area contributed by atoms with Gasteiger partial charge in [-0.25, -0.2) is 4.79 Å². The summed E-state index contributed by atoms with van der Waals surface area (Å²) < 4.78 is 5.04. The van der Waals surface area contributed by atoms with E-state index in [1.807, 2.05) is 6.07 Å². The molecule has 1 aromatic heterocycles. The largest absolute Gasteiger partial charge is 0.462 e. The van der Waals surface area contributed by atoms with E-state index in [0.29, 0.717) is 37.4 Å². The molecule has 0 saturated carbocycles. The van der Waals surface area contributed by atoms with Crippen molar-refractivity contribution in [3.8, 4) is 0 Å². The summed E-state index contributed by atoms with van der Waals surface area (Å²) in [5, 5.41) is 2.74. The summed E-state index contributed by atoms with van der Waals surface area (Å²) in [4.78, 5) is 44.4. The summed E-state index contributed by atoms with van der Waals surface area (Å²) in [5.74, 6) is -0.834. The van der Waals surface area contributed by atoms with Crippen molar-refractivity contribution in [1.82, 2.24) is 9.88 Å². The lowest BCUT2D eigenvalue weighted by Crippen LogP contribution is -2.48. The normalized spacial score (nSPS) is 13.7. The van der Waals surface area contributed by atoms with Gasteiger partial charge in [-0.1, -0.05) is 12.1 Å². The lowest BCUT2D eigenvalue weighted by molar-refractivity contribution is -0.129. The zero-order valence-electron chi connectivity index (χ0n) is 16.6. The van der Waals surface area contributed by atoms with Crippen molar-refractivity contribution in [3.63, 3.8) is 0 Å². The Bertz CT molecular complexity index is 907. The fraction of sp³-hybridized carbons (Fsp3) is 0.333. The molecule has 1 aliphatic heterocycles. The van der Waals surface area contributed by atoms with E-state index >= 15 is 0 Å². The Balaban J connectivity index is 1.73. The van der Waals surface area contributed by atoms with Crippen molar-refractivity contribution >= 4 is 29.2 Å². The lowest BCUT2D eigenvalue weighted by atomic mass is 10.1. The van der Waals surface area contributed by atoms with Crippen LogP contribution in [0.1, 0.15) is 34.7 Å². The predicted octanol–water partition coefficient (Wildman–Crippen LogP) is 2.18. The van der Waals surface area contributed by atoms with Crippen LogP contribution in [0, 0.1) is 0 Å². The Hall–Kier alpha value is -3.42. The molecule has 2 aromatic rings. The molecule has 8 heteroatoms. The number of esters is 1. The smallest absolute Gasteiger partial charge is 0.340 e. The number of nitrogens with zero attached hydrogens (tertiary/aromatic N) is 3. The number of nitrogens with one attached hydrogen (secondary N) is 1. The number of ether oxygens (including phenoxy) is 1. The minimum absolute atomic E-state index is 0.0692. The number of hydrogen-bond donors (Lipinski definition) is 1. The molecule has 0 aliphatic carbocycles. The van der Waals surface area contributed by atoms with E-state index < -0.39 is 11.9 Å². The van der Waals surface area contributed by atoms with E-state index in [4.69, 9.17) is 4.74 Å². The first kappa shape index (κ1) is 20.3. The van der Waals surface area contributed by atoms with Crippen LogP contribution in [-0.2, 0) is 9.53 Å². The molecule has 1 fully saturated rings. The number of aromatic nitrogens is 1. The van der Waals surface area contributed by atoms with Gasteiger partial charge in [0.1, 0.15) is 5.69 Å². The molecule has 0 atom stereocenters. The number of para-hydroxylation sites is 1. The molecule has 1 N–H and O–H groups in total. The first-order valence-corrected chi connectivity index (χ1v) is 9.53. The van der Waals surface area contributed by atoms with Crippen molar-refractivity contribution in [2.24, 2.45) is 0 Å². The average Bonchev–Trinajstić information content (AvgIpc) is 2.74. The summed E-state index contributed by atoms with van der Waals surface area (Å²) >= 11 is 0. The van der Waals surface area contributed by atoms with E-state index in [0.717, 1.165) is 5.69 Å². The second kappa shape index (κ2) is 9.18. The van der Waals surface area contributed by atoms with Crippen molar-refractivity contribution < 1.29 is 19.1 Å². The maximum atomic E-state index is 12.7. The average molecular weight is 396 g/mol. The highest BCUT2D eigenvalue weighted by Gasteiger charge is 2.20. The first-order chi connectivity index (χ1) is 14.0. The Labute approximate surface area is 169 Å². The van der Waals surface area contributed by atoms with Crippen molar-refractivity contribution in [2.45, 2.75) is 13.8 Å². The Morgan fingerprint density at radius 3 is 2.52 bits per heavy atom. The summed E-state index contributed by atoms with van der Waals surface area (Å²) in [6, 6.07) is 10.2. The molecule has 3 rings (SSSR count). The van der Waals surface area contributed by atoms with Gasteiger partial charge in [-0.05, 0) is 31.2 Å². The number of pyridine rings is 1. The Morgan fingerprint density at radius 2 is 1.83 bits per heavy atom. The van der Waals surface area contributed by atoms with Crippen LogP contribution in [0.4, 0.5) is 11.4 Å². The second-order valence-electron chi connectivity index (χ2n) is 6.61. The molecular weight excluding hydrogens is 372 g/mol. The van der Waals surface area contributed by atoms with Gasteiger partial charge in [-0.3, -0.25) is 14.6 Å². The number of hydrogen-bond acceptors (Lipinski definition) is 6. The molecule has 1 saturated heterocycles. The molecule has 29 heavy (non-hydrogen) atoms. The molecule has 1 aliphatic rings. The molecule has 2 heterocycles. The SMILES string of the molecule is CCOC(=O)c1ccccc1NC(=O)c1cc(N2CCN(C(C)=O)CC2)ccn1. The summed E-state index contributed by atoms with van der Waals surface area (Å²) in [5.41, 5.74) is 1.78. The summed E-state index contributed by atoms with van der Waals surface area (Å²) in [6.07, 6.45) is 1.58. The molecule has 8 nitrogen and oxygen atoms in total. The number of carbonyl (C=O) groups is 3. The number of carbonyl (C=O) groups excluding carboxylic acids is 3. The van der Waals surface area contributed by atoms with Gasteiger partial charge in [-0.15, -0.1) is 0 Å². The van der Waals surface area contributed by atoms with Crippen LogP contribution in [0.2, 0.25) is 0 Å². The molecule has 1 aromatic carbocycles. The van der Waals surface area contributed by atoms with Gasteiger partial charge >= 0.3 is 5.97 Å². The predicted molar refractivity (Wildman–Crippen MR) is 109 cm³/mol. The minimum atomic E-state index is -0.492. The van der Waals surface area contributed by atoms with Gasteiger partial charge in [0.05, 0.1) is 17.9 Å². The van der Waals surface area contributed by atoms with Crippen LogP contribution in [0.5, 0.6) is 0 Å². The van der Waals surface area contributed by atoms with E-state index in [9.17, 15) is 14.4 Å². The molecule has 0 bridgehead atoms. The molecule has 0 spiro atoms. The van der Waals surface area contributed by atoms with Crippen LogP contribution in [0.25, 0.3) is 0 Å². The Kier molecular flexibility index (Phi) is 6.43. The fourth-order valence-corrected chi connectivity index (χ4v) is 3.19. The zero-order valence-corrected chi connectivity index (χ0v) is 16.6. The lowest BCUT2D eigenvalue weighted by Gasteiger charge is -2.35. The number of piperazine rings is 1. The van der Waals surface area contributed by atoms with E-state index in [1.54, 1.807) is 55.3 Å².